The largest absolute Gasteiger partial charge is 0.246 e. The molecule has 0 aromatic carbocycles. The zero-order valence-corrected chi connectivity index (χ0v) is 9.23. The third kappa shape index (κ3) is 2.46. The first-order valence-corrected chi connectivity index (χ1v) is 4.96. The molecule has 0 spiro atoms. The Labute approximate surface area is 88.8 Å². The Balaban J connectivity index is 2.39. The number of rotatable bonds is 1. The van der Waals surface area contributed by atoms with E-state index in [1.54, 1.807) is 12.4 Å². The molecule has 15 heavy (non-hydrogen) atoms. The summed E-state index contributed by atoms with van der Waals surface area (Å²) in [7, 11) is 0. The fraction of sp³-hybridized carbons (Fsp3) is 0.455. The van der Waals surface area contributed by atoms with E-state index in [1.807, 2.05) is 0 Å². The fourth-order valence-electron chi connectivity index (χ4n) is 1.44. The van der Waals surface area contributed by atoms with E-state index in [0.29, 0.717) is 5.65 Å². The topological polar surface area (TPSA) is 51.6 Å². The molecule has 0 aliphatic rings. The molecule has 0 radical (unpaired) electrons. The fourth-order valence-corrected chi connectivity index (χ4v) is 1.44. The van der Waals surface area contributed by atoms with Gasteiger partial charge in [-0.25, -0.2) is 19.9 Å². The molecule has 78 valence electrons. The summed E-state index contributed by atoms with van der Waals surface area (Å²) in [5.74, 6) is 0. The number of aromatic nitrogens is 4. The van der Waals surface area contributed by atoms with Gasteiger partial charge in [-0.3, -0.25) is 0 Å². The molecule has 2 rings (SSSR count). The highest BCUT2D eigenvalue weighted by molar-refractivity contribution is 5.67. The predicted octanol–water partition coefficient (Wildman–Crippen LogP) is 2.01. The molecule has 0 aliphatic carbocycles. The van der Waals surface area contributed by atoms with E-state index in [2.05, 4.69) is 40.7 Å². The number of fused-ring (bicyclic) bond motifs is 1. The molecule has 2 heterocycles. The second-order valence-electron chi connectivity index (χ2n) is 4.83. The van der Waals surface area contributed by atoms with Crippen LogP contribution in [0.2, 0.25) is 0 Å². The molecule has 0 unspecified atom stereocenters. The summed E-state index contributed by atoms with van der Waals surface area (Å²) < 4.78 is 0. The van der Waals surface area contributed by atoms with Crippen LogP contribution in [0.1, 0.15) is 26.5 Å². The Morgan fingerprint density at radius 2 is 1.93 bits per heavy atom. The number of nitrogens with zero attached hydrogens (tertiary/aromatic N) is 4. The zero-order chi connectivity index (χ0) is 10.9. The van der Waals surface area contributed by atoms with E-state index in [1.165, 1.54) is 6.33 Å². The van der Waals surface area contributed by atoms with E-state index in [-0.39, 0.29) is 5.41 Å². The molecule has 0 atom stereocenters. The molecule has 0 aliphatic heterocycles. The SMILES string of the molecule is CC(C)(C)Cc1cnc2ncncc2n1. The second kappa shape index (κ2) is 3.53. The molecule has 0 saturated heterocycles. The highest BCUT2D eigenvalue weighted by Gasteiger charge is 2.12. The third-order valence-corrected chi connectivity index (χ3v) is 1.98. The lowest BCUT2D eigenvalue weighted by molar-refractivity contribution is 0.406. The molecule has 0 N–H and O–H groups in total. The maximum absolute atomic E-state index is 4.47. The summed E-state index contributed by atoms with van der Waals surface area (Å²) in [5, 5.41) is 0. The van der Waals surface area contributed by atoms with Gasteiger partial charge >= 0.3 is 0 Å². The van der Waals surface area contributed by atoms with Crippen molar-refractivity contribution in [3.8, 4) is 0 Å². The average Bonchev–Trinajstić information content (AvgIpc) is 2.15. The first-order valence-electron chi connectivity index (χ1n) is 4.96. The zero-order valence-electron chi connectivity index (χ0n) is 9.23. The molecular weight excluding hydrogens is 188 g/mol. The molecule has 2 aromatic rings. The standard InChI is InChI=1S/C11H14N4/c1-11(2,3)4-8-5-13-10-9(15-8)6-12-7-14-10/h5-7H,4H2,1-3H3. The first kappa shape index (κ1) is 9.96. The predicted molar refractivity (Wildman–Crippen MR) is 58.3 cm³/mol. The van der Waals surface area contributed by atoms with Crippen LogP contribution >= 0.6 is 0 Å². The van der Waals surface area contributed by atoms with E-state index in [9.17, 15) is 0 Å². The monoisotopic (exact) mass is 202 g/mol. The van der Waals surface area contributed by atoms with Crippen molar-refractivity contribution >= 4 is 11.2 Å². The van der Waals surface area contributed by atoms with Gasteiger partial charge in [0.15, 0.2) is 5.65 Å². The van der Waals surface area contributed by atoms with Gasteiger partial charge in [0.1, 0.15) is 11.8 Å². The summed E-state index contributed by atoms with van der Waals surface area (Å²) in [6, 6.07) is 0. The quantitative estimate of drug-likeness (QED) is 0.709. The molecule has 0 bridgehead atoms. The normalized spacial score (nSPS) is 11.9. The van der Waals surface area contributed by atoms with Crippen molar-refractivity contribution in [1.82, 2.24) is 19.9 Å². The van der Waals surface area contributed by atoms with E-state index in [0.717, 1.165) is 17.6 Å². The smallest absolute Gasteiger partial charge is 0.181 e. The van der Waals surface area contributed by atoms with Gasteiger partial charge in [0.05, 0.1) is 18.1 Å². The van der Waals surface area contributed by atoms with Crippen molar-refractivity contribution in [2.24, 2.45) is 5.41 Å². The summed E-state index contributed by atoms with van der Waals surface area (Å²) in [6.07, 6.45) is 5.88. The summed E-state index contributed by atoms with van der Waals surface area (Å²) in [6.45, 7) is 6.54. The Morgan fingerprint density at radius 3 is 2.67 bits per heavy atom. The van der Waals surface area contributed by atoms with E-state index < -0.39 is 0 Å². The van der Waals surface area contributed by atoms with E-state index >= 15 is 0 Å². The van der Waals surface area contributed by atoms with Crippen molar-refractivity contribution in [3.05, 3.63) is 24.4 Å². The highest BCUT2D eigenvalue weighted by Crippen LogP contribution is 2.19. The first-order chi connectivity index (χ1) is 7.04. The Kier molecular flexibility index (Phi) is 2.34. The number of hydrogen-bond donors (Lipinski definition) is 0. The van der Waals surface area contributed by atoms with Crippen LogP contribution in [0.3, 0.4) is 0 Å². The van der Waals surface area contributed by atoms with Gasteiger partial charge in [-0.1, -0.05) is 20.8 Å². The minimum atomic E-state index is 0.220. The van der Waals surface area contributed by atoms with Gasteiger partial charge in [0.2, 0.25) is 0 Å². The van der Waals surface area contributed by atoms with Crippen LogP contribution in [-0.4, -0.2) is 19.9 Å². The molecular formula is C11H14N4. The minimum Gasteiger partial charge on any atom is -0.246 e. The highest BCUT2D eigenvalue weighted by atomic mass is 14.9. The van der Waals surface area contributed by atoms with Crippen LogP contribution < -0.4 is 0 Å². The molecule has 0 amide bonds. The molecule has 0 saturated carbocycles. The molecule has 4 heteroatoms. The molecule has 4 nitrogen and oxygen atoms in total. The lowest BCUT2D eigenvalue weighted by Gasteiger charge is -2.16. The van der Waals surface area contributed by atoms with Crippen LogP contribution in [0.25, 0.3) is 11.2 Å². The molecule has 2 aromatic heterocycles. The Hall–Kier alpha value is -1.58. The van der Waals surface area contributed by atoms with Crippen molar-refractivity contribution < 1.29 is 0 Å². The van der Waals surface area contributed by atoms with Crippen LogP contribution in [0, 0.1) is 5.41 Å². The lowest BCUT2D eigenvalue weighted by atomic mass is 9.91. The lowest BCUT2D eigenvalue weighted by Crippen LogP contribution is -2.11. The second-order valence-corrected chi connectivity index (χ2v) is 4.83. The summed E-state index contributed by atoms with van der Waals surface area (Å²) >= 11 is 0. The van der Waals surface area contributed by atoms with Crippen molar-refractivity contribution in [3.63, 3.8) is 0 Å². The van der Waals surface area contributed by atoms with E-state index in [4.69, 9.17) is 0 Å². The van der Waals surface area contributed by atoms with Gasteiger partial charge in [0, 0.05) is 0 Å². The summed E-state index contributed by atoms with van der Waals surface area (Å²) in [5.41, 5.74) is 2.63. The van der Waals surface area contributed by atoms with Gasteiger partial charge in [-0.05, 0) is 11.8 Å². The van der Waals surface area contributed by atoms with Crippen LogP contribution in [-0.2, 0) is 6.42 Å². The van der Waals surface area contributed by atoms with Gasteiger partial charge in [0.25, 0.3) is 0 Å². The van der Waals surface area contributed by atoms with Gasteiger partial charge in [-0.2, -0.15) is 0 Å². The minimum absolute atomic E-state index is 0.220. The van der Waals surface area contributed by atoms with Gasteiger partial charge < -0.3 is 0 Å². The Morgan fingerprint density at radius 1 is 1.13 bits per heavy atom. The third-order valence-electron chi connectivity index (χ3n) is 1.98. The van der Waals surface area contributed by atoms with Crippen molar-refractivity contribution in [2.45, 2.75) is 27.2 Å². The maximum Gasteiger partial charge on any atom is 0.181 e. The summed E-state index contributed by atoms with van der Waals surface area (Å²) in [4.78, 5) is 16.7. The average molecular weight is 202 g/mol. The number of hydrogen-bond acceptors (Lipinski definition) is 4. The van der Waals surface area contributed by atoms with Crippen molar-refractivity contribution in [2.75, 3.05) is 0 Å². The van der Waals surface area contributed by atoms with Crippen LogP contribution in [0.5, 0.6) is 0 Å². The van der Waals surface area contributed by atoms with Crippen LogP contribution in [0.4, 0.5) is 0 Å². The Bertz CT molecular complexity index is 473. The maximum atomic E-state index is 4.47. The van der Waals surface area contributed by atoms with Crippen molar-refractivity contribution in [1.29, 1.82) is 0 Å². The van der Waals surface area contributed by atoms with Crippen LogP contribution in [0.15, 0.2) is 18.7 Å². The molecule has 0 fully saturated rings. The van der Waals surface area contributed by atoms with Gasteiger partial charge in [-0.15, -0.1) is 0 Å².